The van der Waals surface area contributed by atoms with E-state index < -0.39 is 0 Å². The fourth-order valence-corrected chi connectivity index (χ4v) is 3.44. The number of aromatic nitrogens is 1. The first-order valence-electron chi connectivity index (χ1n) is 6.74. The van der Waals surface area contributed by atoms with Crippen molar-refractivity contribution < 1.29 is 14.3 Å². The number of hydrogen-bond acceptors (Lipinski definition) is 5. The number of hydrogen-bond donors (Lipinski definition) is 0. The van der Waals surface area contributed by atoms with Gasteiger partial charge in [0.25, 0.3) is 5.91 Å². The van der Waals surface area contributed by atoms with Crippen LogP contribution in [-0.2, 0) is 4.74 Å². The van der Waals surface area contributed by atoms with Crippen molar-refractivity contribution in [2.45, 2.75) is 25.8 Å². The van der Waals surface area contributed by atoms with Crippen LogP contribution in [0.3, 0.4) is 0 Å². The highest BCUT2D eigenvalue weighted by Crippen LogP contribution is 2.26. The number of carbonyl (C=O) groups excluding carboxylic acids is 2. The molecule has 1 aromatic rings. The molecule has 0 bridgehead atoms. The van der Waals surface area contributed by atoms with E-state index >= 15 is 0 Å². The third-order valence-corrected chi connectivity index (χ3v) is 4.85. The van der Waals surface area contributed by atoms with Gasteiger partial charge in [0.1, 0.15) is 12.3 Å². The number of nitrogens with zero attached hydrogens (tertiary/aromatic N) is 3. The third-order valence-electron chi connectivity index (χ3n) is 3.73. The van der Waals surface area contributed by atoms with Gasteiger partial charge in [-0.3, -0.25) is 9.69 Å². The Morgan fingerprint density at radius 1 is 1.50 bits per heavy atom. The number of carbonyl (C=O) groups is 2. The van der Waals surface area contributed by atoms with Crippen molar-refractivity contribution in [2.24, 2.45) is 0 Å². The van der Waals surface area contributed by atoms with E-state index in [0.29, 0.717) is 37.9 Å². The average molecular weight is 295 g/mol. The Kier molecular flexibility index (Phi) is 3.37. The molecular formula is C13H17N3O3S. The van der Waals surface area contributed by atoms with Gasteiger partial charge < -0.3 is 9.64 Å². The molecule has 1 unspecified atom stereocenters. The normalized spacial score (nSPS) is 22.1. The maximum Gasteiger partial charge on any atom is 0.410 e. The first-order chi connectivity index (χ1) is 9.58. The molecule has 3 heterocycles. The summed E-state index contributed by atoms with van der Waals surface area (Å²) in [5.41, 5.74) is 2.28. The predicted octanol–water partition coefficient (Wildman–Crippen LogP) is 1.54. The summed E-state index contributed by atoms with van der Waals surface area (Å²) in [6.07, 6.45) is -0.265. The van der Waals surface area contributed by atoms with Crippen molar-refractivity contribution in [3.63, 3.8) is 0 Å². The number of ether oxygens (including phenoxy) is 1. The number of rotatable bonds is 2. The first kappa shape index (κ1) is 13.4. The van der Waals surface area contributed by atoms with Crippen LogP contribution in [0.25, 0.3) is 0 Å². The van der Waals surface area contributed by atoms with Gasteiger partial charge in [-0.2, -0.15) is 0 Å². The molecule has 6 nitrogen and oxygen atoms in total. The number of thiazole rings is 1. The summed E-state index contributed by atoms with van der Waals surface area (Å²) in [7, 11) is 0. The molecule has 2 aliphatic heterocycles. The predicted molar refractivity (Wildman–Crippen MR) is 73.9 cm³/mol. The topological polar surface area (TPSA) is 62.7 Å². The van der Waals surface area contributed by atoms with Gasteiger partial charge in [0, 0.05) is 24.5 Å². The molecule has 0 spiro atoms. The lowest BCUT2D eigenvalue weighted by molar-refractivity contribution is 0.0610. The Hall–Kier alpha value is -1.63. The van der Waals surface area contributed by atoms with Gasteiger partial charge in [0.15, 0.2) is 0 Å². The molecule has 0 N–H and O–H groups in total. The minimum Gasteiger partial charge on any atom is -0.447 e. The zero-order chi connectivity index (χ0) is 14.3. The Bertz CT molecular complexity index is 543. The van der Waals surface area contributed by atoms with Gasteiger partial charge in [-0.25, -0.2) is 9.78 Å². The Labute approximate surface area is 121 Å². The molecule has 0 aliphatic carbocycles. The van der Waals surface area contributed by atoms with Gasteiger partial charge in [-0.1, -0.05) is 13.8 Å². The molecule has 2 fully saturated rings. The van der Waals surface area contributed by atoms with E-state index in [4.69, 9.17) is 4.74 Å². The minimum absolute atomic E-state index is 0.0127. The lowest BCUT2D eigenvalue weighted by atomic mass is 10.1. The van der Waals surface area contributed by atoms with Crippen molar-refractivity contribution in [1.82, 2.24) is 14.8 Å². The van der Waals surface area contributed by atoms with Crippen LogP contribution in [0.2, 0.25) is 0 Å². The SMILES string of the molecule is CC(C)c1scnc1C(=O)N1CCN2C(=O)OCC2C1. The van der Waals surface area contributed by atoms with E-state index in [9.17, 15) is 9.59 Å². The maximum atomic E-state index is 12.6. The van der Waals surface area contributed by atoms with Gasteiger partial charge in [-0.15, -0.1) is 11.3 Å². The lowest BCUT2D eigenvalue weighted by Crippen LogP contribution is -2.53. The van der Waals surface area contributed by atoms with Crippen LogP contribution in [0.15, 0.2) is 5.51 Å². The summed E-state index contributed by atoms with van der Waals surface area (Å²) < 4.78 is 5.02. The van der Waals surface area contributed by atoms with E-state index in [-0.39, 0.29) is 18.0 Å². The highest BCUT2D eigenvalue weighted by atomic mass is 32.1. The van der Waals surface area contributed by atoms with Gasteiger partial charge in [0.2, 0.25) is 0 Å². The largest absolute Gasteiger partial charge is 0.447 e. The van der Waals surface area contributed by atoms with Crippen LogP contribution in [0.4, 0.5) is 4.79 Å². The van der Waals surface area contributed by atoms with Crippen molar-refractivity contribution in [2.75, 3.05) is 26.2 Å². The minimum atomic E-state index is -0.265. The molecule has 7 heteroatoms. The lowest BCUT2D eigenvalue weighted by Gasteiger charge is -2.35. The molecule has 0 aromatic carbocycles. The number of cyclic esters (lactones) is 1. The Balaban J connectivity index is 1.75. The highest BCUT2D eigenvalue weighted by Gasteiger charge is 2.39. The van der Waals surface area contributed by atoms with E-state index in [1.807, 2.05) is 0 Å². The zero-order valence-electron chi connectivity index (χ0n) is 11.5. The van der Waals surface area contributed by atoms with E-state index in [0.717, 1.165) is 4.88 Å². The van der Waals surface area contributed by atoms with Gasteiger partial charge >= 0.3 is 6.09 Å². The number of piperazine rings is 1. The number of fused-ring (bicyclic) bond motifs is 1. The van der Waals surface area contributed by atoms with Crippen molar-refractivity contribution in [3.8, 4) is 0 Å². The summed E-state index contributed by atoms with van der Waals surface area (Å²) in [6, 6.07) is -0.0127. The monoisotopic (exact) mass is 295 g/mol. The van der Waals surface area contributed by atoms with Crippen LogP contribution < -0.4 is 0 Å². The third kappa shape index (κ3) is 2.15. The quantitative estimate of drug-likeness (QED) is 0.830. The van der Waals surface area contributed by atoms with E-state index in [2.05, 4.69) is 18.8 Å². The van der Waals surface area contributed by atoms with Crippen LogP contribution in [0.1, 0.15) is 35.1 Å². The summed E-state index contributed by atoms with van der Waals surface area (Å²) in [4.78, 5) is 32.8. The summed E-state index contributed by atoms with van der Waals surface area (Å²) >= 11 is 1.52. The van der Waals surface area contributed by atoms with Crippen LogP contribution in [0, 0.1) is 0 Å². The smallest absolute Gasteiger partial charge is 0.410 e. The molecule has 2 saturated heterocycles. The highest BCUT2D eigenvalue weighted by molar-refractivity contribution is 7.10. The van der Waals surface area contributed by atoms with E-state index in [1.54, 1.807) is 15.3 Å². The van der Waals surface area contributed by atoms with E-state index in [1.165, 1.54) is 11.3 Å². The summed E-state index contributed by atoms with van der Waals surface area (Å²) in [6.45, 7) is 6.10. The second kappa shape index (κ2) is 5.05. The second-order valence-electron chi connectivity index (χ2n) is 5.40. The molecule has 0 saturated carbocycles. The van der Waals surface area contributed by atoms with Crippen molar-refractivity contribution in [3.05, 3.63) is 16.1 Å². The van der Waals surface area contributed by atoms with Gasteiger partial charge in [-0.05, 0) is 5.92 Å². The van der Waals surface area contributed by atoms with Gasteiger partial charge in [0.05, 0.1) is 11.6 Å². The molecule has 1 atom stereocenters. The molecule has 0 radical (unpaired) electrons. The summed E-state index contributed by atoms with van der Waals surface area (Å²) in [5, 5.41) is 0. The molecule has 20 heavy (non-hydrogen) atoms. The molecular weight excluding hydrogens is 278 g/mol. The molecule has 2 aliphatic rings. The maximum absolute atomic E-state index is 12.6. The first-order valence-corrected chi connectivity index (χ1v) is 7.62. The zero-order valence-corrected chi connectivity index (χ0v) is 12.4. The van der Waals surface area contributed by atoms with Crippen molar-refractivity contribution >= 4 is 23.3 Å². The Morgan fingerprint density at radius 2 is 2.30 bits per heavy atom. The van der Waals surface area contributed by atoms with Crippen LogP contribution >= 0.6 is 11.3 Å². The van der Waals surface area contributed by atoms with Crippen molar-refractivity contribution in [1.29, 1.82) is 0 Å². The molecule has 108 valence electrons. The van der Waals surface area contributed by atoms with Crippen LogP contribution in [0.5, 0.6) is 0 Å². The average Bonchev–Trinajstić information content (AvgIpc) is 3.05. The summed E-state index contributed by atoms with van der Waals surface area (Å²) in [5.74, 6) is 0.257. The fourth-order valence-electron chi connectivity index (χ4n) is 2.65. The Morgan fingerprint density at radius 3 is 3.05 bits per heavy atom. The number of amides is 2. The van der Waals surface area contributed by atoms with Crippen LogP contribution in [-0.4, -0.2) is 59.1 Å². The molecule has 3 rings (SSSR count). The molecule has 1 aromatic heterocycles. The second-order valence-corrected chi connectivity index (χ2v) is 6.28. The fraction of sp³-hybridized carbons (Fsp3) is 0.615. The molecule has 2 amide bonds. The standard InChI is InChI=1S/C13H17N3O3S/c1-8(2)11-10(14-7-20-11)12(17)15-3-4-16-9(5-15)6-19-13(16)18/h7-9H,3-6H2,1-2H3.